The SMILES string of the molecule is COc1ccc(N2C[C@@H](C(=O)NNc3ccc(OCc4ccc(Cl)cc4Cl)c(OC)c3)CC2=O)cc1. The summed E-state index contributed by atoms with van der Waals surface area (Å²) >= 11 is 12.1. The molecule has 2 N–H and O–H groups in total. The Morgan fingerprint density at radius 3 is 2.47 bits per heavy atom. The zero-order valence-electron chi connectivity index (χ0n) is 19.7. The maximum atomic E-state index is 12.7. The third-order valence-corrected chi connectivity index (χ3v) is 6.36. The largest absolute Gasteiger partial charge is 0.497 e. The molecule has 1 fully saturated rings. The molecule has 1 saturated heterocycles. The molecule has 1 atom stereocenters. The van der Waals surface area contributed by atoms with Crippen molar-refractivity contribution < 1.29 is 23.8 Å². The lowest BCUT2D eigenvalue weighted by atomic mass is 10.1. The molecule has 0 spiro atoms. The summed E-state index contributed by atoms with van der Waals surface area (Å²) in [6.07, 6.45) is 0.128. The number of nitrogens with zero attached hydrogens (tertiary/aromatic N) is 1. The predicted molar refractivity (Wildman–Crippen MR) is 139 cm³/mol. The fourth-order valence-corrected chi connectivity index (χ4v) is 4.25. The van der Waals surface area contributed by atoms with E-state index in [-0.39, 0.29) is 24.8 Å². The van der Waals surface area contributed by atoms with Crippen molar-refractivity contribution in [2.75, 3.05) is 31.1 Å². The number of amides is 2. The van der Waals surface area contributed by atoms with E-state index in [2.05, 4.69) is 10.9 Å². The average Bonchev–Trinajstić information content (AvgIpc) is 3.28. The number of halogens is 2. The standard InChI is InChI=1S/C26H25Cl2N3O5/c1-34-21-8-6-20(7-9-21)31-14-17(11-25(31)32)26(33)30-29-19-5-10-23(24(13-19)35-2)36-15-16-3-4-18(27)12-22(16)28/h3-10,12-13,17,29H,11,14-15H2,1-2H3,(H,30,33)/t17-/m0/s1. The van der Waals surface area contributed by atoms with Crippen LogP contribution in [0.25, 0.3) is 0 Å². The molecule has 2 amide bonds. The molecule has 3 aromatic rings. The lowest BCUT2D eigenvalue weighted by molar-refractivity contribution is -0.125. The van der Waals surface area contributed by atoms with Crippen molar-refractivity contribution in [3.63, 3.8) is 0 Å². The average molecular weight is 530 g/mol. The Balaban J connectivity index is 1.33. The van der Waals surface area contributed by atoms with Crippen LogP contribution in [0.15, 0.2) is 60.7 Å². The van der Waals surface area contributed by atoms with Gasteiger partial charge >= 0.3 is 0 Å². The molecule has 0 unspecified atom stereocenters. The van der Waals surface area contributed by atoms with Crippen molar-refractivity contribution in [3.8, 4) is 17.2 Å². The summed E-state index contributed by atoms with van der Waals surface area (Å²) in [5.74, 6) is 0.809. The number of ether oxygens (including phenoxy) is 3. The number of anilines is 2. The summed E-state index contributed by atoms with van der Waals surface area (Å²) in [7, 11) is 3.11. The first-order valence-corrected chi connectivity index (χ1v) is 11.9. The van der Waals surface area contributed by atoms with Gasteiger partial charge in [-0.05, 0) is 48.5 Å². The van der Waals surface area contributed by atoms with Gasteiger partial charge in [0.1, 0.15) is 12.4 Å². The molecule has 1 heterocycles. The van der Waals surface area contributed by atoms with E-state index in [1.54, 1.807) is 72.7 Å². The molecule has 3 aromatic carbocycles. The van der Waals surface area contributed by atoms with Crippen LogP contribution in [0, 0.1) is 5.92 Å². The van der Waals surface area contributed by atoms with Crippen LogP contribution in [0.5, 0.6) is 17.2 Å². The number of nitrogens with one attached hydrogen (secondary N) is 2. The Bertz CT molecular complexity index is 1250. The van der Waals surface area contributed by atoms with E-state index in [0.717, 1.165) is 11.3 Å². The quantitative estimate of drug-likeness (QED) is 0.375. The van der Waals surface area contributed by atoms with Crippen molar-refractivity contribution in [1.82, 2.24) is 5.43 Å². The third-order valence-electron chi connectivity index (χ3n) is 5.77. The van der Waals surface area contributed by atoms with Gasteiger partial charge in [0.25, 0.3) is 0 Å². The summed E-state index contributed by atoms with van der Waals surface area (Å²) in [6, 6.07) is 17.5. The second kappa shape index (κ2) is 11.4. The number of hydrogen-bond donors (Lipinski definition) is 2. The molecule has 1 aliphatic heterocycles. The smallest absolute Gasteiger partial charge is 0.243 e. The number of hydrazine groups is 1. The molecule has 0 aromatic heterocycles. The van der Waals surface area contributed by atoms with Crippen molar-refractivity contribution in [2.24, 2.45) is 5.92 Å². The van der Waals surface area contributed by atoms with E-state index >= 15 is 0 Å². The normalized spacial score (nSPS) is 14.9. The van der Waals surface area contributed by atoms with Crippen LogP contribution in [0.1, 0.15) is 12.0 Å². The van der Waals surface area contributed by atoms with Crippen LogP contribution in [-0.2, 0) is 16.2 Å². The van der Waals surface area contributed by atoms with E-state index < -0.39 is 5.92 Å². The molecule has 1 aliphatic rings. The Kier molecular flexibility index (Phi) is 8.07. The van der Waals surface area contributed by atoms with E-state index in [1.165, 1.54) is 7.11 Å². The van der Waals surface area contributed by atoms with Crippen LogP contribution in [0.2, 0.25) is 10.0 Å². The highest BCUT2D eigenvalue weighted by Crippen LogP contribution is 2.32. The Morgan fingerprint density at radius 2 is 1.78 bits per heavy atom. The van der Waals surface area contributed by atoms with Crippen LogP contribution in [0.3, 0.4) is 0 Å². The lowest BCUT2D eigenvalue weighted by Crippen LogP contribution is -2.36. The fraction of sp³-hybridized carbons (Fsp3) is 0.231. The number of methoxy groups -OCH3 is 2. The van der Waals surface area contributed by atoms with Crippen LogP contribution >= 0.6 is 23.2 Å². The van der Waals surface area contributed by atoms with Gasteiger partial charge in [0.15, 0.2) is 11.5 Å². The highest BCUT2D eigenvalue weighted by Gasteiger charge is 2.35. The van der Waals surface area contributed by atoms with E-state index in [4.69, 9.17) is 37.4 Å². The zero-order chi connectivity index (χ0) is 25.7. The molecule has 0 radical (unpaired) electrons. The minimum Gasteiger partial charge on any atom is -0.497 e. The molecule has 0 aliphatic carbocycles. The van der Waals surface area contributed by atoms with Crippen LogP contribution < -0.4 is 30.0 Å². The molecule has 0 saturated carbocycles. The molecular formula is C26H25Cl2N3O5. The molecular weight excluding hydrogens is 505 g/mol. The van der Waals surface area contributed by atoms with Gasteiger partial charge in [0.2, 0.25) is 11.8 Å². The van der Waals surface area contributed by atoms with Crippen LogP contribution in [-0.4, -0.2) is 32.6 Å². The minimum absolute atomic E-state index is 0.107. The van der Waals surface area contributed by atoms with Crippen molar-refractivity contribution in [1.29, 1.82) is 0 Å². The highest BCUT2D eigenvalue weighted by atomic mass is 35.5. The predicted octanol–water partition coefficient (Wildman–Crippen LogP) is 5.09. The first kappa shape index (κ1) is 25.5. The van der Waals surface area contributed by atoms with Gasteiger partial charge in [-0.25, -0.2) is 0 Å². The lowest BCUT2D eigenvalue weighted by Gasteiger charge is -2.17. The van der Waals surface area contributed by atoms with Crippen molar-refractivity contribution in [2.45, 2.75) is 13.0 Å². The maximum Gasteiger partial charge on any atom is 0.243 e. The second-order valence-electron chi connectivity index (χ2n) is 8.11. The van der Waals surface area contributed by atoms with Crippen molar-refractivity contribution in [3.05, 3.63) is 76.3 Å². The summed E-state index contributed by atoms with van der Waals surface area (Å²) < 4.78 is 16.4. The van der Waals surface area contributed by atoms with Gasteiger partial charge in [-0.3, -0.25) is 20.4 Å². The van der Waals surface area contributed by atoms with Crippen LogP contribution in [0.4, 0.5) is 11.4 Å². The van der Waals surface area contributed by atoms with Gasteiger partial charge in [-0.2, -0.15) is 0 Å². The number of carbonyl (C=O) groups excluding carboxylic acids is 2. The van der Waals surface area contributed by atoms with Crippen molar-refractivity contribution >= 4 is 46.4 Å². The minimum atomic E-state index is -0.485. The monoisotopic (exact) mass is 529 g/mol. The van der Waals surface area contributed by atoms with Gasteiger partial charge < -0.3 is 19.1 Å². The molecule has 10 heteroatoms. The fourth-order valence-electron chi connectivity index (χ4n) is 3.79. The first-order valence-electron chi connectivity index (χ1n) is 11.1. The van der Waals surface area contributed by atoms with Gasteiger partial charge in [-0.15, -0.1) is 0 Å². The maximum absolute atomic E-state index is 12.7. The van der Waals surface area contributed by atoms with E-state index in [9.17, 15) is 9.59 Å². The summed E-state index contributed by atoms with van der Waals surface area (Å²) in [6.45, 7) is 0.526. The third kappa shape index (κ3) is 5.95. The molecule has 4 rings (SSSR count). The summed E-state index contributed by atoms with van der Waals surface area (Å²) in [5.41, 5.74) is 7.66. The second-order valence-corrected chi connectivity index (χ2v) is 8.95. The zero-order valence-corrected chi connectivity index (χ0v) is 21.2. The topological polar surface area (TPSA) is 89.1 Å². The first-order chi connectivity index (χ1) is 17.4. The van der Waals surface area contributed by atoms with Gasteiger partial charge in [0, 0.05) is 40.3 Å². The summed E-state index contributed by atoms with van der Waals surface area (Å²) in [5, 5.41) is 1.06. The van der Waals surface area contributed by atoms with E-state index in [1.807, 2.05) is 0 Å². The van der Waals surface area contributed by atoms with Gasteiger partial charge in [-0.1, -0.05) is 29.3 Å². The molecule has 188 valence electrons. The van der Waals surface area contributed by atoms with Gasteiger partial charge in [0.05, 0.1) is 25.8 Å². The highest BCUT2D eigenvalue weighted by molar-refractivity contribution is 6.35. The van der Waals surface area contributed by atoms with E-state index in [0.29, 0.717) is 39.5 Å². The molecule has 0 bridgehead atoms. The number of carbonyl (C=O) groups is 2. The number of hydrogen-bond acceptors (Lipinski definition) is 6. The number of benzene rings is 3. The molecule has 8 nitrogen and oxygen atoms in total. The molecule has 36 heavy (non-hydrogen) atoms. The number of rotatable bonds is 9. The summed E-state index contributed by atoms with van der Waals surface area (Å²) in [4.78, 5) is 26.8. The Morgan fingerprint density at radius 1 is 1.00 bits per heavy atom. The Labute approximate surface area is 219 Å². The Hall–Kier alpha value is -3.62.